The van der Waals surface area contributed by atoms with Crippen LogP contribution in [-0.2, 0) is 6.42 Å². The zero-order chi connectivity index (χ0) is 17.4. The van der Waals surface area contributed by atoms with Crippen LogP contribution in [0.25, 0.3) is 16.6 Å². The van der Waals surface area contributed by atoms with Crippen LogP contribution in [0.2, 0.25) is 0 Å². The van der Waals surface area contributed by atoms with Gasteiger partial charge in [0, 0.05) is 6.07 Å². The Labute approximate surface area is 137 Å². The van der Waals surface area contributed by atoms with Crippen molar-refractivity contribution in [3.05, 3.63) is 69.8 Å². The topological polar surface area (TPSA) is 60.9 Å². The van der Waals surface area contributed by atoms with Gasteiger partial charge in [-0.1, -0.05) is 19.1 Å². The molecule has 1 atom stereocenters. The predicted molar refractivity (Wildman–Crippen MR) is 89.2 cm³/mol. The molecule has 0 amide bonds. The Morgan fingerprint density at radius 3 is 2.46 bits per heavy atom. The van der Waals surface area contributed by atoms with Gasteiger partial charge in [-0.15, -0.1) is 0 Å². The Kier molecular flexibility index (Phi) is 4.15. The summed E-state index contributed by atoms with van der Waals surface area (Å²) in [6.45, 7) is 3.64. The molecule has 3 rings (SSSR count). The standard InChI is InChI=1S/C18H17F2N3O/c1-3-11-5-4-6-15-16(11)22-17(10(2)21)23(18(15)24)14-8-12(19)7-13(20)9-14/h4-10H,3,21H2,1-2H3. The van der Waals surface area contributed by atoms with Crippen molar-refractivity contribution in [3.8, 4) is 5.69 Å². The number of fused-ring (bicyclic) bond motifs is 1. The van der Waals surface area contributed by atoms with Crippen molar-refractivity contribution in [3.63, 3.8) is 0 Å². The van der Waals surface area contributed by atoms with Gasteiger partial charge in [-0.05, 0) is 37.1 Å². The lowest BCUT2D eigenvalue weighted by Gasteiger charge is -2.17. The van der Waals surface area contributed by atoms with Crippen LogP contribution < -0.4 is 11.3 Å². The van der Waals surface area contributed by atoms with E-state index in [1.54, 1.807) is 19.1 Å². The minimum atomic E-state index is -0.769. The van der Waals surface area contributed by atoms with E-state index in [4.69, 9.17) is 5.73 Å². The number of aryl methyl sites for hydroxylation is 1. The first-order valence-corrected chi connectivity index (χ1v) is 7.69. The minimum Gasteiger partial charge on any atom is -0.322 e. The first-order chi connectivity index (χ1) is 11.4. The van der Waals surface area contributed by atoms with E-state index < -0.39 is 23.2 Å². The van der Waals surface area contributed by atoms with Crippen LogP contribution in [0.1, 0.15) is 31.3 Å². The third-order valence-corrected chi connectivity index (χ3v) is 3.90. The summed E-state index contributed by atoms with van der Waals surface area (Å²) in [4.78, 5) is 17.5. The Morgan fingerprint density at radius 2 is 1.88 bits per heavy atom. The minimum absolute atomic E-state index is 0.0705. The molecule has 0 saturated heterocycles. The predicted octanol–water partition coefficient (Wildman–Crippen LogP) is 3.25. The van der Waals surface area contributed by atoms with Gasteiger partial charge >= 0.3 is 0 Å². The maximum Gasteiger partial charge on any atom is 0.266 e. The van der Waals surface area contributed by atoms with Gasteiger partial charge < -0.3 is 5.73 Å². The molecular weight excluding hydrogens is 312 g/mol. The van der Waals surface area contributed by atoms with Crippen LogP contribution in [-0.4, -0.2) is 9.55 Å². The number of benzene rings is 2. The number of nitrogens with zero attached hydrogens (tertiary/aromatic N) is 2. The summed E-state index contributed by atoms with van der Waals surface area (Å²) in [5, 5.41) is 0.392. The largest absolute Gasteiger partial charge is 0.322 e. The van der Waals surface area contributed by atoms with Gasteiger partial charge in [0.1, 0.15) is 17.5 Å². The lowest BCUT2D eigenvalue weighted by atomic mass is 10.1. The molecule has 24 heavy (non-hydrogen) atoms. The SMILES string of the molecule is CCc1cccc2c(=O)n(-c3cc(F)cc(F)c3)c(C(C)N)nc12. The highest BCUT2D eigenvalue weighted by atomic mass is 19.1. The molecule has 0 radical (unpaired) electrons. The average Bonchev–Trinajstić information content (AvgIpc) is 2.53. The van der Waals surface area contributed by atoms with Crippen LogP contribution in [0, 0.1) is 11.6 Å². The van der Waals surface area contributed by atoms with Crippen molar-refractivity contribution in [2.45, 2.75) is 26.3 Å². The number of aromatic nitrogens is 2. The summed E-state index contributed by atoms with van der Waals surface area (Å²) < 4.78 is 28.4. The fraction of sp³-hybridized carbons (Fsp3) is 0.222. The summed E-state index contributed by atoms with van der Waals surface area (Å²) in [5.41, 5.74) is 7.14. The molecule has 0 fully saturated rings. The third-order valence-electron chi connectivity index (χ3n) is 3.90. The second kappa shape index (κ2) is 6.13. The number of para-hydroxylation sites is 1. The smallest absolute Gasteiger partial charge is 0.266 e. The monoisotopic (exact) mass is 329 g/mol. The number of nitrogens with two attached hydrogens (primary N) is 1. The van der Waals surface area contributed by atoms with Crippen LogP contribution in [0.4, 0.5) is 8.78 Å². The van der Waals surface area contributed by atoms with E-state index in [0.717, 1.165) is 23.8 Å². The molecule has 0 aliphatic heterocycles. The Hall–Kier alpha value is -2.60. The summed E-state index contributed by atoms with van der Waals surface area (Å²) in [7, 11) is 0. The summed E-state index contributed by atoms with van der Waals surface area (Å²) in [6.07, 6.45) is 0.709. The molecule has 0 saturated carbocycles. The third kappa shape index (κ3) is 2.69. The van der Waals surface area contributed by atoms with E-state index in [1.165, 1.54) is 4.57 Å². The number of hydrogen-bond acceptors (Lipinski definition) is 3. The quantitative estimate of drug-likeness (QED) is 0.802. The van der Waals surface area contributed by atoms with Gasteiger partial charge in [0.25, 0.3) is 5.56 Å². The van der Waals surface area contributed by atoms with Crippen molar-refractivity contribution < 1.29 is 8.78 Å². The number of halogens is 2. The Morgan fingerprint density at radius 1 is 1.21 bits per heavy atom. The molecule has 0 bridgehead atoms. The Bertz CT molecular complexity index is 960. The second-order valence-electron chi connectivity index (χ2n) is 5.69. The number of rotatable bonds is 3. The molecule has 2 N–H and O–H groups in total. The fourth-order valence-electron chi connectivity index (χ4n) is 2.79. The zero-order valence-electron chi connectivity index (χ0n) is 13.4. The molecule has 0 aliphatic carbocycles. The molecule has 1 unspecified atom stereocenters. The van der Waals surface area contributed by atoms with Gasteiger partial charge in [-0.2, -0.15) is 0 Å². The van der Waals surface area contributed by atoms with E-state index in [-0.39, 0.29) is 11.5 Å². The lowest BCUT2D eigenvalue weighted by Crippen LogP contribution is -2.28. The van der Waals surface area contributed by atoms with Crippen molar-refractivity contribution in [2.24, 2.45) is 5.73 Å². The second-order valence-corrected chi connectivity index (χ2v) is 5.69. The molecule has 124 valence electrons. The zero-order valence-corrected chi connectivity index (χ0v) is 13.4. The molecule has 3 aromatic rings. The van der Waals surface area contributed by atoms with Gasteiger partial charge in [0.2, 0.25) is 0 Å². The Balaban J connectivity index is 2.45. The van der Waals surface area contributed by atoms with Crippen molar-refractivity contribution in [2.75, 3.05) is 0 Å². The fourth-order valence-corrected chi connectivity index (χ4v) is 2.79. The first kappa shape index (κ1) is 16.3. The van der Waals surface area contributed by atoms with Crippen LogP contribution in [0.15, 0.2) is 41.2 Å². The maximum absolute atomic E-state index is 13.6. The highest BCUT2D eigenvalue weighted by molar-refractivity contribution is 5.81. The van der Waals surface area contributed by atoms with Crippen molar-refractivity contribution in [1.82, 2.24) is 9.55 Å². The number of hydrogen-bond donors (Lipinski definition) is 1. The molecule has 2 aromatic carbocycles. The molecule has 4 nitrogen and oxygen atoms in total. The van der Waals surface area contributed by atoms with Gasteiger partial charge in [-0.25, -0.2) is 13.8 Å². The van der Waals surface area contributed by atoms with E-state index in [0.29, 0.717) is 17.3 Å². The average molecular weight is 329 g/mol. The van der Waals surface area contributed by atoms with E-state index in [9.17, 15) is 13.6 Å². The molecule has 6 heteroatoms. The molecule has 0 aliphatic rings. The summed E-state index contributed by atoms with van der Waals surface area (Å²) >= 11 is 0. The normalized spacial score (nSPS) is 12.5. The molecule has 1 aromatic heterocycles. The van der Waals surface area contributed by atoms with E-state index in [2.05, 4.69) is 4.98 Å². The van der Waals surface area contributed by atoms with Crippen LogP contribution in [0.3, 0.4) is 0 Å². The van der Waals surface area contributed by atoms with Gasteiger partial charge in [-0.3, -0.25) is 9.36 Å². The maximum atomic E-state index is 13.6. The molecule has 1 heterocycles. The van der Waals surface area contributed by atoms with Crippen LogP contribution >= 0.6 is 0 Å². The highest BCUT2D eigenvalue weighted by Crippen LogP contribution is 2.21. The van der Waals surface area contributed by atoms with Crippen LogP contribution in [0.5, 0.6) is 0 Å². The van der Waals surface area contributed by atoms with Gasteiger partial charge in [0.05, 0.1) is 22.6 Å². The first-order valence-electron chi connectivity index (χ1n) is 7.69. The van der Waals surface area contributed by atoms with Gasteiger partial charge in [0.15, 0.2) is 0 Å². The summed E-state index contributed by atoms with van der Waals surface area (Å²) in [6, 6.07) is 7.67. The van der Waals surface area contributed by atoms with Crippen molar-refractivity contribution >= 4 is 10.9 Å². The lowest BCUT2D eigenvalue weighted by molar-refractivity contribution is 0.579. The van der Waals surface area contributed by atoms with E-state index in [1.807, 2.05) is 13.0 Å². The highest BCUT2D eigenvalue weighted by Gasteiger charge is 2.18. The van der Waals surface area contributed by atoms with E-state index >= 15 is 0 Å². The van der Waals surface area contributed by atoms with Crippen molar-refractivity contribution in [1.29, 1.82) is 0 Å². The summed E-state index contributed by atoms with van der Waals surface area (Å²) in [5.74, 6) is -1.27. The molecular formula is C18H17F2N3O. The molecule has 0 spiro atoms.